The molecule has 0 spiro atoms. The van der Waals surface area contributed by atoms with Gasteiger partial charge in [0.15, 0.2) is 0 Å². The first kappa shape index (κ1) is 23.6. The monoisotopic (exact) mass is 450 g/mol. The van der Waals surface area contributed by atoms with Crippen LogP contribution in [0.4, 0.5) is 37.7 Å². The molecule has 0 aliphatic heterocycles. The zero-order valence-electron chi connectivity index (χ0n) is 13.5. The number of para-hydroxylation sites is 2. The van der Waals surface area contributed by atoms with Gasteiger partial charge in [-0.2, -0.15) is 43.2 Å². The third kappa shape index (κ3) is 6.92. The second kappa shape index (κ2) is 8.68. The van der Waals surface area contributed by atoms with Crippen LogP contribution in [0.2, 0.25) is 0 Å². The predicted molar refractivity (Wildman–Crippen MR) is 90.1 cm³/mol. The van der Waals surface area contributed by atoms with Gasteiger partial charge in [0.1, 0.15) is 0 Å². The summed E-state index contributed by atoms with van der Waals surface area (Å²) in [4.78, 5) is 0. The second-order valence-electron chi connectivity index (χ2n) is 4.83. The third-order valence-corrected chi connectivity index (χ3v) is 4.89. The van der Waals surface area contributed by atoms with E-state index in [0.717, 1.165) is 0 Å². The van der Waals surface area contributed by atoms with Crippen molar-refractivity contribution in [2.24, 2.45) is 0 Å². The molecule has 0 aromatic heterocycles. The zero-order chi connectivity index (χ0) is 21.6. The molecule has 156 valence electrons. The fraction of sp³-hybridized carbons (Fsp3) is 0.143. The maximum absolute atomic E-state index is 11.9. The number of anilines is 2. The normalized spacial score (nSPS) is 12.5. The van der Waals surface area contributed by atoms with Crippen LogP contribution in [0.25, 0.3) is 0 Å². The minimum Gasteiger partial charge on any atom is -0.276 e. The van der Waals surface area contributed by atoms with E-state index in [4.69, 9.17) is 0 Å². The Hall–Kier alpha value is -2.48. The second-order valence-corrected chi connectivity index (χ2v) is 8.18. The van der Waals surface area contributed by atoms with Crippen LogP contribution in [0.1, 0.15) is 0 Å². The maximum atomic E-state index is 11.9. The molecule has 0 heterocycles. The SMILES string of the molecule is O=S(=O)(Nc1ccccc1)C(F)(F)F.O=S(=O)(Nc1ccccc1)C(F)(F)F. The van der Waals surface area contributed by atoms with Crippen LogP contribution in [0.5, 0.6) is 0 Å². The first-order chi connectivity index (χ1) is 12.7. The third-order valence-electron chi connectivity index (χ3n) is 2.66. The van der Waals surface area contributed by atoms with Gasteiger partial charge in [0, 0.05) is 11.4 Å². The molecule has 0 bridgehead atoms. The number of benzene rings is 2. The number of hydrogen-bond donors (Lipinski definition) is 2. The van der Waals surface area contributed by atoms with Gasteiger partial charge in [-0.25, -0.2) is 0 Å². The van der Waals surface area contributed by atoms with Gasteiger partial charge >= 0.3 is 31.1 Å². The number of sulfonamides is 2. The molecular formula is C14H12F6N2O4S2. The topological polar surface area (TPSA) is 92.3 Å². The van der Waals surface area contributed by atoms with E-state index in [-0.39, 0.29) is 11.4 Å². The van der Waals surface area contributed by atoms with Crippen LogP contribution in [0.3, 0.4) is 0 Å². The van der Waals surface area contributed by atoms with E-state index in [1.807, 2.05) is 0 Å². The molecule has 2 rings (SSSR count). The molecule has 0 fully saturated rings. The van der Waals surface area contributed by atoms with E-state index in [1.165, 1.54) is 58.0 Å². The Morgan fingerprint density at radius 3 is 1.00 bits per heavy atom. The van der Waals surface area contributed by atoms with E-state index in [2.05, 4.69) is 0 Å². The minimum atomic E-state index is -5.30. The highest BCUT2D eigenvalue weighted by atomic mass is 32.2. The van der Waals surface area contributed by atoms with Crippen molar-refractivity contribution in [3.8, 4) is 0 Å². The molecule has 0 unspecified atom stereocenters. The van der Waals surface area contributed by atoms with Crippen LogP contribution in [0, 0.1) is 0 Å². The fourth-order valence-corrected chi connectivity index (χ4v) is 2.56. The van der Waals surface area contributed by atoms with Crippen molar-refractivity contribution in [3.05, 3.63) is 60.7 Å². The smallest absolute Gasteiger partial charge is 0.276 e. The van der Waals surface area contributed by atoms with E-state index < -0.39 is 31.1 Å². The summed E-state index contributed by atoms with van der Waals surface area (Å²) in [5, 5.41) is 0. The van der Waals surface area contributed by atoms with Gasteiger partial charge in [0.25, 0.3) is 0 Å². The van der Waals surface area contributed by atoms with Gasteiger partial charge in [0.05, 0.1) is 0 Å². The van der Waals surface area contributed by atoms with Crippen molar-refractivity contribution in [1.82, 2.24) is 0 Å². The quantitative estimate of drug-likeness (QED) is 0.692. The molecule has 0 saturated carbocycles. The molecule has 0 aliphatic rings. The first-order valence-corrected chi connectivity index (χ1v) is 9.90. The lowest BCUT2D eigenvalue weighted by Gasteiger charge is -2.09. The van der Waals surface area contributed by atoms with Gasteiger partial charge < -0.3 is 0 Å². The minimum absolute atomic E-state index is 0.121. The van der Waals surface area contributed by atoms with Crippen LogP contribution < -0.4 is 9.44 Å². The van der Waals surface area contributed by atoms with E-state index in [0.29, 0.717) is 0 Å². The molecule has 6 nitrogen and oxygen atoms in total. The molecule has 0 aliphatic carbocycles. The molecule has 0 amide bonds. The molecule has 28 heavy (non-hydrogen) atoms. The number of rotatable bonds is 4. The van der Waals surface area contributed by atoms with Crippen LogP contribution >= 0.6 is 0 Å². The van der Waals surface area contributed by atoms with Gasteiger partial charge in [-0.05, 0) is 24.3 Å². The standard InChI is InChI=1S/2C7H6F3NO2S/c2*8-7(9,10)14(12,13)11-6-4-2-1-3-5-6/h2*1-5,11H. The van der Waals surface area contributed by atoms with Crippen molar-refractivity contribution >= 4 is 31.4 Å². The van der Waals surface area contributed by atoms with Crippen molar-refractivity contribution in [2.45, 2.75) is 11.0 Å². The Balaban J connectivity index is 0.000000280. The van der Waals surface area contributed by atoms with Gasteiger partial charge in [-0.15, -0.1) is 0 Å². The van der Waals surface area contributed by atoms with Crippen LogP contribution in [0.15, 0.2) is 60.7 Å². The maximum Gasteiger partial charge on any atom is 0.516 e. The molecule has 14 heteroatoms. The Kier molecular flexibility index (Phi) is 7.31. The average molecular weight is 450 g/mol. The zero-order valence-corrected chi connectivity index (χ0v) is 15.1. The first-order valence-electron chi connectivity index (χ1n) is 6.94. The van der Waals surface area contributed by atoms with Crippen molar-refractivity contribution in [3.63, 3.8) is 0 Å². The van der Waals surface area contributed by atoms with E-state index in [1.54, 1.807) is 12.1 Å². The van der Waals surface area contributed by atoms with Crippen LogP contribution in [-0.4, -0.2) is 27.9 Å². The highest BCUT2D eigenvalue weighted by Gasteiger charge is 2.46. The molecule has 0 atom stereocenters. The summed E-state index contributed by atoms with van der Waals surface area (Å²) in [6.07, 6.45) is 0. The van der Waals surface area contributed by atoms with Crippen LogP contribution in [-0.2, 0) is 20.0 Å². The Labute approximate surface area is 156 Å². The van der Waals surface area contributed by atoms with E-state index >= 15 is 0 Å². The lowest BCUT2D eigenvalue weighted by molar-refractivity contribution is -0.0435. The fourth-order valence-electron chi connectivity index (χ4n) is 1.44. The average Bonchev–Trinajstić information content (AvgIpc) is 2.54. The summed E-state index contributed by atoms with van der Waals surface area (Å²) in [7, 11) is -10.6. The van der Waals surface area contributed by atoms with E-state index in [9.17, 15) is 43.2 Å². The summed E-state index contributed by atoms with van der Waals surface area (Å²) in [6.45, 7) is 0. The number of hydrogen-bond acceptors (Lipinski definition) is 4. The van der Waals surface area contributed by atoms with Crippen molar-refractivity contribution < 1.29 is 43.2 Å². The lowest BCUT2D eigenvalue weighted by Crippen LogP contribution is -2.29. The molecule has 0 saturated heterocycles. The highest BCUT2D eigenvalue weighted by Crippen LogP contribution is 2.25. The largest absolute Gasteiger partial charge is 0.516 e. The van der Waals surface area contributed by atoms with Gasteiger partial charge in [-0.1, -0.05) is 36.4 Å². The number of halogens is 6. The predicted octanol–water partition coefficient (Wildman–Crippen LogP) is 3.90. The van der Waals surface area contributed by atoms with Crippen molar-refractivity contribution in [2.75, 3.05) is 9.44 Å². The summed E-state index contributed by atoms with van der Waals surface area (Å²) in [6, 6.07) is 13.7. The summed E-state index contributed by atoms with van der Waals surface area (Å²) in [5.41, 5.74) is -10.8. The molecule has 0 radical (unpaired) electrons. The van der Waals surface area contributed by atoms with Gasteiger partial charge in [0.2, 0.25) is 0 Å². The molecule has 2 N–H and O–H groups in total. The highest BCUT2D eigenvalue weighted by molar-refractivity contribution is 7.93. The molecular weight excluding hydrogens is 438 g/mol. The summed E-state index contributed by atoms with van der Waals surface area (Å²) >= 11 is 0. The number of alkyl halides is 6. The summed E-state index contributed by atoms with van der Waals surface area (Å²) < 4.78 is 116. The molecule has 2 aromatic rings. The Morgan fingerprint density at radius 1 is 0.536 bits per heavy atom. The number of nitrogens with one attached hydrogen (secondary N) is 2. The summed E-state index contributed by atoms with van der Waals surface area (Å²) in [5.74, 6) is 0. The lowest BCUT2D eigenvalue weighted by atomic mass is 10.3. The molecule has 2 aromatic carbocycles. The Morgan fingerprint density at radius 2 is 0.786 bits per heavy atom. The van der Waals surface area contributed by atoms with Crippen molar-refractivity contribution in [1.29, 1.82) is 0 Å². The van der Waals surface area contributed by atoms with Gasteiger partial charge in [-0.3, -0.25) is 9.44 Å². The Bertz CT molecular complexity index is 879.